The Morgan fingerprint density at radius 2 is 0.951 bits per heavy atom. The minimum absolute atomic E-state index is 0.310. The molecule has 436 valence electrons. The largest absolute Gasteiger partial charge is 0.496 e. The smallest absolute Gasteiger partial charge is 0.419 e. The summed E-state index contributed by atoms with van der Waals surface area (Å²) in [7, 11) is 0.787. The van der Waals surface area contributed by atoms with Crippen molar-refractivity contribution in [1.82, 2.24) is 28.2 Å². The van der Waals surface area contributed by atoms with Gasteiger partial charge in [-0.1, -0.05) is 39.3 Å². The number of ether oxygens (including phenoxy) is 6. The molecule has 82 heavy (non-hydrogen) atoms. The van der Waals surface area contributed by atoms with Crippen LogP contribution in [0.4, 0.5) is 9.59 Å². The summed E-state index contributed by atoms with van der Waals surface area (Å²) in [6.45, 7) is 39.4. The van der Waals surface area contributed by atoms with Gasteiger partial charge in [0.2, 0.25) is 0 Å². The lowest BCUT2D eigenvalue weighted by Gasteiger charge is -2.29. The number of benzene rings is 4. The number of fused-ring (bicyclic) bond motifs is 4. The first-order valence-electron chi connectivity index (χ1n) is 28.0. The summed E-state index contributed by atoms with van der Waals surface area (Å²) in [5.41, 5.74) is 6.91. The van der Waals surface area contributed by atoms with Crippen LogP contribution >= 0.6 is 0 Å². The maximum Gasteiger partial charge on any atom is 0.419 e. The van der Waals surface area contributed by atoms with Gasteiger partial charge in [-0.2, -0.15) is 10.5 Å². The standard InChI is InChI=1S/2C32H42N4O4Si/c1-21-17-26(38-7)27(23-13-14-35(28(21)23)30(37)40-31(2,3)4)32(5,6)29-34-24-18-22(19-33)11-12-25(24)36(29)20-39-15-16-41(8,9)10;1-21-17-26(38-7)27(23-13-14-35(28(21)23)30(37)40-31(2,3)4)32(5,6)29-34-24-12-11-22(19-33)18-25(24)36(29)20-39-15-16-41(8,9)10/h2*11-14,17-18H,15-16,20H2,1-10H3. The number of carbonyl (C=O) groups excluding carboxylic acids is 2. The van der Waals surface area contributed by atoms with Crippen LogP contribution in [0.3, 0.4) is 0 Å². The molecule has 0 saturated heterocycles. The molecule has 4 heterocycles. The van der Waals surface area contributed by atoms with Crippen molar-refractivity contribution in [3.8, 4) is 23.6 Å². The lowest BCUT2D eigenvalue weighted by molar-refractivity contribution is 0.0533. The lowest BCUT2D eigenvalue weighted by Crippen LogP contribution is -2.28. The van der Waals surface area contributed by atoms with Crippen LogP contribution in [0.5, 0.6) is 11.5 Å². The number of imidazole rings is 2. The number of hydrogen-bond acceptors (Lipinski definition) is 12. The number of hydrogen-bond donors (Lipinski definition) is 0. The van der Waals surface area contributed by atoms with Gasteiger partial charge in [0.1, 0.15) is 47.8 Å². The summed E-state index contributed by atoms with van der Waals surface area (Å²) in [6, 6.07) is 25.5. The van der Waals surface area contributed by atoms with Crippen molar-refractivity contribution >= 4 is 72.2 Å². The number of aryl methyl sites for hydroxylation is 2. The van der Waals surface area contributed by atoms with Gasteiger partial charge < -0.3 is 37.6 Å². The second kappa shape index (κ2) is 23.6. The minimum Gasteiger partial charge on any atom is -0.496 e. The van der Waals surface area contributed by atoms with Crippen LogP contribution in [-0.2, 0) is 43.2 Å². The molecule has 4 aromatic heterocycles. The van der Waals surface area contributed by atoms with Gasteiger partial charge >= 0.3 is 12.2 Å². The van der Waals surface area contributed by atoms with Gasteiger partial charge in [-0.15, -0.1) is 0 Å². The monoisotopic (exact) mass is 1150 g/mol. The number of rotatable bonds is 16. The van der Waals surface area contributed by atoms with Crippen molar-refractivity contribution in [2.75, 3.05) is 27.4 Å². The highest BCUT2D eigenvalue weighted by atomic mass is 28.3. The van der Waals surface area contributed by atoms with E-state index in [2.05, 4.69) is 88.2 Å². The van der Waals surface area contributed by atoms with Gasteiger partial charge in [0, 0.05) is 63.7 Å². The summed E-state index contributed by atoms with van der Waals surface area (Å²) in [4.78, 5) is 36.5. The Morgan fingerprint density at radius 1 is 0.549 bits per heavy atom. The highest BCUT2D eigenvalue weighted by molar-refractivity contribution is 6.76. The van der Waals surface area contributed by atoms with Gasteiger partial charge in [-0.3, -0.25) is 9.13 Å². The Kier molecular flexibility index (Phi) is 17.9. The zero-order chi connectivity index (χ0) is 60.7. The fourth-order valence-electron chi connectivity index (χ4n) is 10.4. The number of carbonyl (C=O) groups is 2. The Hall–Kier alpha value is -7.23. The first-order chi connectivity index (χ1) is 38.1. The van der Waals surface area contributed by atoms with E-state index in [4.69, 9.17) is 38.4 Å². The number of aromatic nitrogens is 6. The molecule has 4 aromatic carbocycles. The number of nitrogens with zero attached hydrogens (tertiary/aromatic N) is 8. The van der Waals surface area contributed by atoms with E-state index in [9.17, 15) is 20.1 Å². The molecule has 0 amide bonds. The zero-order valence-electron chi connectivity index (χ0n) is 52.0. The second-order valence-corrected chi connectivity index (χ2v) is 37.9. The van der Waals surface area contributed by atoms with Crippen molar-refractivity contribution in [3.63, 3.8) is 0 Å². The Morgan fingerprint density at radius 3 is 1.35 bits per heavy atom. The second-order valence-electron chi connectivity index (χ2n) is 26.7. The molecule has 8 rings (SSSR count). The van der Waals surface area contributed by atoms with Crippen LogP contribution in [0, 0.1) is 36.5 Å². The molecule has 0 saturated carbocycles. The normalized spacial score (nSPS) is 12.6. The molecule has 0 atom stereocenters. The van der Waals surface area contributed by atoms with Crippen molar-refractivity contribution in [2.45, 2.75) is 170 Å². The van der Waals surface area contributed by atoms with E-state index in [0.717, 1.165) is 89.9 Å². The van der Waals surface area contributed by atoms with Gasteiger partial charge in [0.25, 0.3) is 0 Å². The molecule has 18 heteroatoms. The van der Waals surface area contributed by atoms with E-state index in [0.29, 0.717) is 49.3 Å². The van der Waals surface area contributed by atoms with E-state index in [-0.39, 0.29) is 0 Å². The van der Waals surface area contributed by atoms with Crippen molar-refractivity contribution in [2.24, 2.45) is 0 Å². The molecule has 0 aliphatic heterocycles. The Labute approximate surface area is 485 Å². The molecule has 0 fully saturated rings. The van der Waals surface area contributed by atoms with Gasteiger partial charge in [0.15, 0.2) is 0 Å². The Bertz CT molecular complexity index is 3650. The highest BCUT2D eigenvalue weighted by Gasteiger charge is 2.38. The highest BCUT2D eigenvalue weighted by Crippen LogP contribution is 2.46. The molecule has 0 unspecified atom stereocenters. The van der Waals surface area contributed by atoms with Crippen LogP contribution in [0.25, 0.3) is 43.9 Å². The first kappa shape index (κ1) is 62.4. The minimum atomic E-state index is -1.27. The summed E-state index contributed by atoms with van der Waals surface area (Å²) in [5.74, 6) is 2.98. The maximum absolute atomic E-state index is 13.2. The summed E-state index contributed by atoms with van der Waals surface area (Å²) < 4.78 is 43.1. The average molecular weight is 1150 g/mol. The molecule has 16 nitrogen and oxygen atoms in total. The van der Waals surface area contributed by atoms with Crippen LogP contribution in [0.2, 0.25) is 51.4 Å². The van der Waals surface area contributed by atoms with Crippen LogP contribution in [-0.4, -0.2) is 95.2 Å². The summed E-state index contributed by atoms with van der Waals surface area (Å²) in [6.07, 6.45) is 2.65. The molecule has 0 aliphatic carbocycles. The maximum atomic E-state index is 13.2. The van der Waals surface area contributed by atoms with Crippen molar-refractivity contribution in [3.05, 3.63) is 118 Å². The number of nitriles is 2. The topological polar surface area (TPSA) is 183 Å². The molecular weight excluding hydrogens is 1060 g/mol. The van der Waals surface area contributed by atoms with E-state index in [1.165, 1.54) is 0 Å². The molecule has 8 aromatic rings. The van der Waals surface area contributed by atoms with Gasteiger partial charge in [-0.05, 0) is 167 Å². The van der Waals surface area contributed by atoms with Crippen molar-refractivity contribution < 1.29 is 38.0 Å². The van der Waals surface area contributed by atoms with E-state index in [1.807, 2.05) is 110 Å². The number of methoxy groups -OCH3 is 2. The van der Waals surface area contributed by atoms with E-state index < -0.39 is 50.4 Å². The predicted molar refractivity (Wildman–Crippen MR) is 331 cm³/mol. The quantitative estimate of drug-likeness (QED) is 0.0660. The third-order valence-corrected chi connectivity index (χ3v) is 17.8. The van der Waals surface area contributed by atoms with Crippen LogP contribution in [0.15, 0.2) is 73.1 Å². The van der Waals surface area contributed by atoms with E-state index >= 15 is 0 Å². The molecule has 0 spiro atoms. The molecular formula is C64H84N8O8Si2. The zero-order valence-corrected chi connectivity index (χ0v) is 54.0. The average Bonchev–Trinajstić information content (AvgIpc) is 3.51. The fraction of sp³-hybridized carbons (Fsp3) is 0.469. The van der Waals surface area contributed by atoms with Gasteiger partial charge in [-0.25, -0.2) is 19.6 Å². The van der Waals surface area contributed by atoms with Crippen LogP contribution < -0.4 is 9.47 Å². The van der Waals surface area contributed by atoms with E-state index in [1.54, 1.807) is 41.8 Å². The molecule has 0 aliphatic rings. The molecule has 0 N–H and O–H groups in total. The molecule has 0 radical (unpaired) electrons. The lowest BCUT2D eigenvalue weighted by atomic mass is 9.80. The fourth-order valence-corrected chi connectivity index (χ4v) is 12.0. The van der Waals surface area contributed by atoms with Gasteiger partial charge in [0.05, 0.1) is 81.4 Å². The SMILES string of the molecule is COc1cc(C)c2c(ccn2C(=O)OC(C)(C)C)c1C(C)(C)c1nc2cc(C#N)ccc2n1COCC[Si](C)(C)C.COc1cc(C)c2c(ccn2C(=O)OC(C)(C)C)c1C(C)(C)c1nc2ccc(C#N)cc2n1COCC[Si](C)(C)C. The molecule has 0 bridgehead atoms. The summed E-state index contributed by atoms with van der Waals surface area (Å²) >= 11 is 0. The predicted octanol–water partition coefficient (Wildman–Crippen LogP) is 15.2. The Balaban J connectivity index is 0.000000236. The summed E-state index contributed by atoms with van der Waals surface area (Å²) in [5, 5.41) is 20.9. The first-order valence-corrected chi connectivity index (χ1v) is 35.4. The van der Waals surface area contributed by atoms with Crippen molar-refractivity contribution in [1.29, 1.82) is 10.5 Å². The third-order valence-electron chi connectivity index (χ3n) is 14.4. The van der Waals surface area contributed by atoms with Crippen LogP contribution in [0.1, 0.15) is 114 Å². The third kappa shape index (κ3) is 13.5.